The summed E-state index contributed by atoms with van der Waals surface area (Å²) < 4.78 is 4.81. The summed E-state index contributed by atoms with van der Waals surface area (Å²) in [6.45, 7) is 4.32. The van der Waals surface area contributed by atoms with Crippen LogP contribution in [0.25, 0.3) is 0 Å². The van der Waals surface area contributed by atoms with Gasteiger partial charge in [-0.1, -0.05) is 0 Å². The van der Waals surface area contributed by atoms with E-state index < -0.39 is 5.63 Å². The van der Waals surface area contributed by atoms with Gasteiger partial charge in [-0.2, -0.15) is 5.10 Å². The average molecular weight is 224 g/mol. The van der Waals surface area contributed by atoms with Crippen LogP contribution in [0, 0.1) is 6.92 Å². The molecule has 0 saturated carbocycles. The molecule has 1 aromatic rings. The molecule has 0 aromatic carbocycles. The molecule has 2 N–H and O–H groups in total. The van der Waals surface area contributed by atoms with Crippen molar-refractivity contribution in [3.63, 3.8) is 0 Å². The summed E-state index contributed by atoms with van der Waals surface area (Å²) in [7, 11) is 0. The Kier molecular flexibility index (Phi) is 3.44. The van der Waals surface area contributed by atoms with Crippen LogP contribution in [-0.2, 0) is 4.79 Å². The van der Waals surface area contributed by atoms with Crippen LogP contribution in [0.5, 0.6) is 5.75 Å². The highest BCUT2D eigenvalue weighted by atomic mass is 16.4. The van der Waals surface area contributed by atoms with Gasteiger partial charge in [-0.15, -0.1) is 0 Å². The Balaban J connectivity index is 3.18. The summed E-state index contributed by atoms with van der Waals surface area (Å²) in [6.07, 6.45) is 0. The second-order valence-electron chi connectivity index (χ2n) is 3.27. The molecule has 86 valence electrons. The Hall–Kier alpha value is -2.11. The summed E-state index contributed by atoms with van der Waals surface area (Å²) in [4.78, 5) is 22.0. The summed E-state index contributed by atoms with van der Waals surface area (Å²) in [5.41, 5.74) is 1.61. The third kappa shape index (κ3) is 2.69. The van der Waals surface area contributed by atoms with Crippen LogP contribution < -0.4 is 11.1 Å². The quantitative estimate of drug-likeness (QED) is 0.565. The van der Waals surface area contributed by atoms with Crippen molar-refractivity contribution < 1.29 is 14.3 Å². The summed E-state index contributed by atoms with van der Waals surface area (Å²) in [5, 5.41) is 13.2. The molecule has 16 heavy (non-hydrogen) atoms. The lowest BCUT2D eigenvalue weighted by Gasteiger charge is -2.03. The number of carbonyl (C=O) groups is 1. The van der Waals surface area contributed by atoms with E-state index in [4.69, 9.17) is 4.42 Å². The van der Waals surface area contributed by atoms with Crippen LogP contribution in [0.15, 0.2) is 20.4 Å². The van der Waals surface area contributed by atoms with Crippen molar-refractivity contribution in [2.24, 2.45) is 5.10 Å². The third-order valence-corrected chi connectivity index (χ3v) is 1.80. The molecular weight excluding hydrogens is 212 g/mol. The van der Waals surface area contributed by atoms with Crippen molar-refractivity contribution in [2.45, 2.75) is 20.8 Å². The highest BCUT2D eigenvalue weighted by Crippen LogP contribution is 2.14. The number of nitrogens with one attached hydrogen (secondary N) is 1. The average Bonchev–Trinajstić information content (AvgIpc) is 2.12. The van der Waals surface area contributed by atoms with Gasteiger partial charge in [-0.3, -0.25) is 4.79 Å². The molecule has 0 saturated heterocycles. The standard InChI is InChI=1S/C10H12N2O4/c1-5-4-8(14)9(10(15)16-5)6(2)11-12-7(3)13/h4,14H,1-3H3,(H,12,13)/b11-6+. The van der Waals surface area contributed by atoms with E-state index in [9.17, 15) is 14.7 Å². The molecule has 1 aromatic heterocycles. The minimum absolute atomic E-state index is 0.0562. The number of hydrogen-bond donors (Lipinski definition) is 2. The molecule has 0 aliphatic rings. The normalized spacial score (nSPS) is 11.3. The molecule has 0 radical (unpaired) electrons. The number of rotatable bonds is 2. The Labute approximate surface area is 91.6 Å². The van der Waals surface area contributed by atoms with Gasteiger partial charge in [0.2, 0.25) is 5.91 Å². The van der Waals surface area contributed by atoms with Crippen molar-refractivity contribution in [3.05, 3.63) is 27.8 Å². The monoisotopic (exact) mass is 224 g/mol. The topological polar surface area (TPSA) is 91.9 Å². The van der Waals surface area contributed by atoms with Crippen molar-refractivity contribution >= 4 is 11.6 Å². The first-order valence-electron chi connectivity index (χ1n) is 4.56. The summed E-state index contributed by atoms with van der Waals surface area (Å²) >= 11 is 0. The van der Waals surface area contributed by atoms with Crippen molar-refractivity contribution in [2.75, 3.05) is 0 Å². The third-order valence-electron chi connectivity index (χ3n) is 1.80. The molecule has 6 nitrogen and oxygen atoms in total. The van der Waals surface area contributed by atoms with E-state index in [1.807, 2.05) is 0 Å². The molecular formula is C10H12N2O4. The highest BCUT2D eigenvalue weighted by molar-refractivity contribution is 6.00. The van der Waals surface area contributed by atoms with E-state index in [0.717, 1.165) is 0 Å². The van der Waals surface area contributed by atoms with Gasteiger partial charge < -0.3 is 9.52 Å². The minimum atomic E-state index is -0.691. The predicted molar refractivity (Wildman–Crippen MR) is 57.4 cm³/mol. The van der Waals surface area contributed by atoms with Crippen LogP contribution in [-0.4, -0.2) is 16.7 Å². The zero-order valence-electron chi connectivity index (χ0n) is 9.20. The van der Waals surface area contributed by atoms with Gasteiger partial charge in [-0.05, 0) is 13.8 Å². The summed E-state index contributed by atoms with van der Waals surface area (Å²) in [5.74, 6) is -0.283. The Morgan fingerprint density at radius 2 is 2.12 bits per heavy atom. The lowest BCUT2D eigenvalue weighted by molar-refractivity contribution is -0.118. The first kappa shape index (κ1) is 12.0. The predicted octanol–water partition coefficient (Wildman–Crippen LogP) is 0.514. The van der Waals surface area contributed by atoms with Gasteiger partial charge in [0.25, 0.3) is 0 Å². The number of hydrazone groups is 1. The lowest BCUT2D eigenvalue weighted by atomic mass is 10.2. The van der Waals surface area contributed by atoms with Crippen LogP contribution in [0.2, 0.25) is 0 Å². The molecule has 0 unspecified atom stereocenters. The van der Waals surface area contributed by atoms with Gasteiger partial charge in [0.1, 0.15) is 17.1 Å². The van der Waals surface area contributed by atoms with Crippen LogP contribution in [0.4, 0.5) is 0 Å². The number of amides is 1. The first-order valence-corrected chi connectivity index (χ1v) is 4.56. The number of aromatic hydroxyl groups is 1. The van der Waals surface area contributed by atoms with E-state index in [0.29, 0.717) is 5.76 Å². The van der Waals surface area contributed by atoms with E-state index in [-0.39, 0.29) is 22.9 Å². The molecule has 0 aliphatic heterocycles. The van der Waals surface area contributed by atoms with Gasteiger partial charge in [0.15, 0.2) is 0 Å². The smallest absolute Gasteiger partial charge is 0.348 e. The number of carbonyl (C=O) groups excluding carboxylic acids is 1. The second kappa shape index (κ2) is 4.61. The fourth-order valence-electron chi connectivity index (χ4n) is 1.15. The molecule has 0 spiro atoms. The lowest BCUT2D eigenvalue weighted by Crippen LogP contribution is -2.19. The Morgan fingerprint density at radius 1 is 1.50 bits per heavy atom. The molecule has 0 fully saturated rings. The molecule has 1 rings (SSSR count). The zero-order chi connectivity index (χ0) is 12.3. The molecule has 0 atom stereocenters. The van der Waals surface area contributed by atoms with Crippen molar-refractivity contribution in [3.8, 4) is 5.75 Å². The Morgan fingerprint density at radius 3 is 2.62 bits per heavy atom. The van der Waals surface area contributed by atoms with Crippen molar-refractivity contribution in [1.82, 2.24) is 5.43 Å². The first-order chi connectivity index (χ1) is 7.41. The number of aryl methyl sites for hydroxylation is 1. The number of nitrogens with zero attached hydrogens (tertiary/aromatic N) is 1. The van der Waals surface area contributed by atoms with E-state index in [1.165, 1.54) is 19.9 Å². The fraction of sp³-hybridized carbons (Fsp3) is 0.300. The molecule has 1 amide bonds. The van der Waals surface area contributed by atoms with Gasteiger partial charge in [-0.25, -0.2) is 10.2 Å². The van der Waals surface area contributed by atoms with E-state index in [2.05, 4.69) is 10.5 Å². The minimum Gasteiger partial charge on any atom is -0.507 e. The summed E-state index contributed by atoms with van der Waals surface area (Å²) in [6, 6.07) is 1.31. The van der Waals surface area contributed by atoms with E-state index in [1.54, 1.807) is 6.92 Å². The second-order valence-corrected chi connectivity index (χ2v) is 3.27. The van der Waals surface area contributed by atoms with Crippen LogP contribution in [0.1, 0.15) is 25.2 Å². The molecule has 1 heterocycles. The maximum absolute atomic E-state index is 11.4. The number of hydrogen-bond acceptors (Lipinski definition) is 5. The molecule has 0 bridgehead atoms. The maximum Gasteiger partial charge on any atom is 0.348 e. The largest absolute Gasteiger partial charge is 0.507 e. The SMILES string of the molecule is CC(=O)N/N=C(\C)c1c(O)cc(C)oc1=O. The van der Waals surface area contributed by atoms with E-state index >= 15 is 0 Å². The van der Waals surface area contributed by atoms with Gasteiger partial charge in [0.05, 0.1) is 5.71 Å². The van der Waals surface area contributed by atoms with Crippen molar-refractivity contribution in [1.29, 1.82) is 0 Å². The highest BCUT2D eigenvalue weighted by Gasteiger charge is 2.12. The molecule has 6 heteroatoms. The fourth-order valence-corrected chi connectivity index (χ4v) is 1.15. The zero-order valence-corrected chi connectivity index (χ0v) is 9.20. The maximum atomic E-state index is 11.4. The van der Waals surface area contributed by atoms with Crippen LogP contribution >= 0.6 is 0 Å². The van der Waals surface area contributed by atoms with Gasteiger partial charge >= 0.3 is 5.63 Å². The molecule has 0 aliphatic carbocycles. The van der Waals surface area contributed by atoms with Crippen LogP contribution in [0.3, 0.4) is 0 Å². The Bertz CT molecular complexity index is 502. The van der Waals surface area contributed by atoms with Gasteiger partial charge in [0, 0.05) is 13.0 Å².